The first-order valence-electron chi connectivity index (χ1n) is 10.5. The number of allylic oxidation sites excluding steroid dienone is 2. The lowest BCUT2D eigenvalue weighted by Gasteiger charge is -2.41. The van der Waals surface area contributed by atoms with Gasteiger partial charge in [0.15, 0.2) is 12.2 Å². The highest BCUT2D eigenvalue weighted by atomic mass is 16.2. The largest absolute Gasteiger partial charge is 0.366 e. The van der Waals surface area contributed by atoms with Gasteiger partial charge in [0.25, 0.3) is 5.91 Å². The van der Waals surface area contributed by atoms with Crippen molar-refractivity contribution in [3.05, 3.63) is 41.2 Å². The third-order valence-electron chi connectivity index (χ3n) is 6.23. The number of nitrogens with zero attached hydrogens (tertiary/aromatic N) is 5. The molecule has 2 atom stereocenters. The summed E-state index contributed by atoms with van der Waals surface area (Å²) in [4.78, 5) is 49.3. The molecule has 1 saturated heterocycles. The van der Waals surface area contributed by atoms with Gasteiger partial charge in [0.1, 0.15) is 0 Å². The molecule has 4 amide bonds. The van der Waals surface area contributed by atoms with E-state index < -0.39 is 18.1 Å². The lowest BCUT2D eigenvalue weighted by molar-refractivity contribution is -0.137. The molecule has 0 radical (unpaired) electrons. The molecule has 2 N–H and O–H groups in total. The first kappa shape index (κ1) is 20.9. The number of imide groups is 1. The molecule has 1 aromatic carbocycles. The van der Waals surface area contributed by atoms with Crippen molar-refractivity contribution in [3.63, 3.8) is 0 Å². The molecule has 0 aromatic heterocycles. The van der Waals surface area contributed by atoms with Gasteiger partial charge in [-0.15, -0.1) is 0 Å². The highest BCUT2D eigenvalue weighted by Crippen LogP contribution is 2.40. The minimum atomic E-state index is -0.588. The SMILES string of the molecule is CC1=C(C)N2C(=NC3C2C(=O)N(CCC(C)C)C(=O)N3C)N1c1ccc(C(N)=O)cc1. The molecule has 0 aliphatic carbocycles. The maximum absolute atomic E-state index is 13.4. The molecule has 3 heterocycles. The molecule has 1 aromatic rings. The summed E-state index contributed by atoms with van der Waals surface area (Å²) < 4.78 is 0. The van der Waals surface area contributed by atoms with E-state index in [1.165, 1.54) is 4.90 Å². The summed E-state index contributed by atoms with van der Waals surface area (Å²) in [5.74, 6) is 0.282. The Morgan fingerprint density at radius 1 is 1.13 bits per heavy atom. The van der Waals surface area contributed by atoms with Crippen molar-refractivity contribution in [2.45, 2.75) is 46.3 Å². The van der Waals surface area contributed by atoms with E-state index in [0.717, 1.165) is 23.5 Å². The number of aliphatic imine (C=N–C) groups is 1. The minimum Gasteiger partial charge on any atom is -0.366 e. The molecule has 3 aliphatic heterocycles. The van der Waals surface area contributed by atoms with Gasteiger partial charge in [-0.3, -0.25) is 24.3 Å². The molecule has 0 bridgehead atoms. The maximum Gasteiger partial charge on any atom is 0.328 e. The Morgan fingerprint density at radius 3 is 2.35 bits per heavy atom. The molecule has 4 rings (SSSR count). The van der Waals surface area contributed by atoms with Gasteiger partial charge in [-0.2, -0.15) is 0 Å². The number of rotatable bonds is 5. The molecule has 1 fully saturated rings. The number of likely N-dealkylation sites (N-methyl/N-ethyl adjacent to an activating group) is 1. The van der Waals surface area contributed by atoms with Gasteiger partial charge in [-0.1, -0.05) is 13.8 Å². The number of carbonyl (C=O) groups excluding carboxylic acids is 3. The normalized spacial score (nSPS) is 23.1. The van der Waals surface area contributed by atoms with Gasteiger partial charge in [0.05, 0.1) is 0 Å². The fraction of sp³-hybridized carbons (Fsp3) is 0.455. The lowest BCUT2D eigenvalue weighted by Crippen LogP contribution is -2.64. The van der Waals surface area contributed by atoms with Crippen LogP contribution in [0, 0.1) is 5.92 Å². The van der Waals surface area contributed by atoms with Crippen LogP contribution < -0.4 is 10.6 Å². The fourth-order valence-electron chi connectivity index (χ4n) is 4.29. The Morgan fingerprint density at radius 2 is 1.77 bits per heavy atom. The van der Waals surface area contributed by atoms with E-state index in [4.69, 9.17) is 10.7 Å². The Kier molecular flexibility index (Phi) is 4.99. The molecule has 9 nitrogen and oxygen atoms in total. The van der Waals surface area contributed by atoms with Crippen molar-refractivity contribution in [3.8, 4) is 0 Å². The van der Waals surface area contributed by atoms with Gasteiger partial charge in [0.2, 0.25) is 11.9 Å². The number of hydrogen-bond donors (Lipinski definition) is 1. The van der Waals surface area contributed by atoms with Crippen LogP contribution in [0.25, 0.3) is 0 Å². The minimum absolute atomic E-state index is 0.217. The molecule has 164 valence electrons. The van der Waals surface area contributed by atoms with Gasteiger partial charge in [-0.25, -0.2) is 9.79 Å². The number of nitrogens with two attached hydrogens (primary N) is 1. The van der Waals surface area contributed by atoms with Crippen molar-refractivity contribution in [1.82, 2.24) is 14.7 Å². The van der Waals surface area contributed by atoms with Crippen LogP contribution in [0.5, 0.6) is 0 Å². The summed E-state index contributed by atoms with van der Waals surface area (Å²) in [5.41, 5.74) is 8.42. The van der Waals surface area contributed by atoms with Crippen LogP contribution in [0.3, 0.4) is 0 Å². The van der Waals surface area contributed by atoms with Crippen molar-refractivity contribution in [2.75, 3.05) is 18.5 Å². The second-order valence-corrected chi connectivity index (χ2v) is 8.64. The summed E-state index contributed by atoms with van der Waals surface area (Å²) >= 11 is 0. The smallest absolute Gasteiger partial charge is 0.328 e. The Hall–Kier alpha value is -3.36. The molecule has 0 spiro atoms. The molecule has 3 aliphatic rings. The average molecular weight is 425 g/mol. The summed E-state index contributed by atoms with van der Waals surface area (Å²) in [7, 11) is 1.69. The van der Waals surface area contributed by atoms with E-state index >= 15 is 0 Å². The topological polar surface area (TPSA) is 103 Å². The third kappa shape index (κ3) is 3.15. The first-order chi connectivity index (χ1) is 14.6. The maximum atomic E-state index is 13.4. The van der Waals surface area contributed by atoms with Crippen molar-refractivity contribution < 1.29 is 14.4 Å². The summed E-state index contributed by atoms with van der Waals surface area (Å²) in [6, 6.07) is 6.04. The summed E-state index contributed by atoms with van der Waals surface area (Å²) in [5, 5.41) is 0. The van der Waals surface area contributed by atoms with E-state index in [1.807, 2.05) is 23.6 Å². The van der Waals surface area contributed by atoms with E-state index in [-0.39, 0.29) is 11.9 Å². The Labute approximate surface area is 181 Å². The van der Waals surface area contributed by atoms with Crippen molar-refractivity contribution in [2.24, 2.45) is 16.6 Å². The highest BCUT2D eigenvalue weighted by Gasteiger charge is 2.55. The first-order valence-corrected chi connectivity index (χ1v) is 10.5. The summed E-state index contributed by atoms with van der Waals surface area (Å²) in [6.07, 6.45) is 0.170. The van der Waals surface area contributed by atoms with Gasteiger partial charge < -0.3 is 10.6 Å². The number of benzene rings is 1. The quantitative estimate of drug-likeness (QED) is 0.780. The zero-order valence-electron chi connectivity index (χ0n) is 18.5. The second kappa shape index (κ2) is 7.40. The molecule has 2 unspecified atom stereocenters. The fourth-order valence-corrected chi connectivity index (χ4v) is 4.29. The van der Waals surface area contributed by atoms with Crippen molar-refractivity contribution >= 4 is 29.5 Å². The van der Waals surface area contributed by atoms with Gasteiger partial charge in [0, 0.05) is 36.2 Å². The number of guanidine groups is 1. The molecule has 9 heteroatoms. The standard InChI is InChI=1S/C22H28N6O3/c1-12(2)10-11-26-20(30)17-19(25(5)22(26)31)24-21-27(13(3)14(4)28(17)21)16-8-6-15(7-9-16)18(23)29/h6-9,12,17,19H,10-11H2,1-5H3,(H2,23,29). The Bertz CT molecular complexity index is 1010. The highest BCUT2D eigenvalue weighted by molar-refractivity contribution is 6.10. The molecular formula is C22H28N6O3. The second-order valence-electron chi connectivity index (χ2n) is 8.64. The van der Waals surface area contributed by atoms with Crippen LogP contribution >= 0.6 is 0 Å². The number of primary amides is 1. The number of carbonyl (C=O) groups is 3. The Balaban J connectivity index is 1.69. The molecule has 0 saturated carbocycles. The van der Waals surface area contributed by atoms with Crippen LogP contribution in [0.15, 0.2) is 40.7 Å². The van der Waals surface area contributed by atoms with Gasteiger partial charge >= 0.3 is 6.03 Å². The zero-order valence-corrected chi connectivity index (χ0v) is 18.5. The number of fused-ring (bicyclic) bond motifs is 3. The number of urea groups is 1. The number of anilines is 1. The lowest BCUT2D eigenvalue weighted by atomic mass is 10.1. The molecular weight excluding hydrogens is 396 g/mol. The predicted molar refractivity (Wildman–Crippen MR) is 117 cm³/mol. The van der Waals surface area contributed by atoms with Gasteiger partial charge in [-0.05, 0) is 50.5 Å². The van der Waals surface area contributed by atoms with Crippen LogP contribution in [0.1, 0.15) is 44.5 Å². The zero-order chi connectivity index (χ0) is 22.6. The molecule has 31 heavy (non-hydrogen) atoms. The monoisotopic (exact) mass is 424 g/mol. The van der Waals surface area contributed by atoms with E-state index in [0.29, 0.717) is 24.0 Å². The predicted octanol–water partition coefficient (Wildman–Crippen LogP) is 2.16. The third-order valence-corrected chi connectivity index (χ3v) is 6.23. The van der Waals surface area contributed by atoms with Crippen molar-refractivity contribution in [1.29, 1.82) is 0 Å². The van der Waals surface area contributed by atoms with Crippen LogP contribution in [-0.4, -0.2) is 64.3 Å². The van der Waals surface area contributed by atoms with E-state index in [9.17, 15) is 14.4 Å². The van der Waals surface area contributed by atoms with Crippen LogP contribution in [0.4, 0.5) is 10.5 Å². The van der Waals surface area contributed by atoms with Crippen LogP contribution in [0.2, 0.25) is 0 Å². The van der Waals surface area contributed by atoms with Crippen LogP contribution in [-0.2, 0) is 4.79 Å². The average Bonchev–Trinajstić information content (AvgIpc) is 3.22. The number of hydrogen-bond acceptors (Lipinski definition) is 6. The number of amides is 4. The van der Waals surface area contributed by atoms with E-state index in [1.54, 1.807) is 36.2 Å². The summed E-state index contributed by atoms with van der Waals surface area (Å²) in [6.45, 7) is 8.45. The van der Waals surface area contributed by atoms with E-state index in [2.05, 4.69) is 13.8 Å².